The third-order valence-corrected chi connectivity index (χ3v) is 3.25. The lowest BCUT2D eigenvalue weighted by atomic mass is 10.2. The van der Waals surface area contributed by atoms with Gasteiger partial charge in [-0.15, -0.1) is 0 Å². The van der Waals surface area contributed by atoms with Crippen LogP contribution in [0.3, 0.4) is 0 Å². The van der Waals surface area contributed by atoms with Gasteiger partial charge in [-0.1, -0.05) is 11.6 Å². The Morgan fingerprint density at radius 2 is 2.04 bits per heavy atom. The maximum atomic E-state index is 11.9. The molecular weight excluding hydrogens is 338 g/mol. The number of halogens is 1. The number of methoxy groups -OCH3 is 1. The molecule has 24 heavy (non-hydrogen) atoms. The summed E-state index contributed by atoms with van der Waals surface area (Å²) in [4.78, 5) is 22.1. The van der Waals surface area contributed by atoms with Gasteiger partial charge in [-0.2, -0.15) is 5.10 Å². The molecule has 0 atom stereocenters. The number of aromatic hydroxyl groups is 1. The topological polar surface area (TPSA) is 114 Å². The lowest BCUT2D eigenvalue weighted by Gasteiger charge is -2.06. The van der Waals surface area contributed by atoms with E-state index in [1.54, 1.807) is 12.1 Å². The lowest BCUT2D eigenvalue weighted by molar-refractivity contribution is -0.385. The lowest BCUT2D eigenvalue weighted by Crippen LogP contribution is -2.17. The quantitative estimate of drug-likeness (QED) is 0.489. The Labute approximate surface area is 141 Å². The molecule has 0 aliphatic rings. The molecule has 0 radical (unpaired) electrons. The van der Waals surface area contributed by atoms with E-state index in [1.165, 1.54) is 19.2 Å². The number of phenols is 1. The summed E-state index contributed by atoms with van der Waals surface area (Å²) in [6, 6.07) is 8.33. The number of hydrazone groups is 1. The zero-order valence-electron chi connectivity index (χ0n) is 12.4. The number of nitrogens with zero attached hydrogens (tertiary/aromatic N) is 2. The van der Waals surface area contributed by atoms with Crippen LogP contribution in [0.5, 0.6) is 11.5 Å². The molecule has 2 aromatic carbocycles. The van der Waals surface area contributed by atoms with E-state index < -0.39 is 10.8 Å². The highest BCUT2D eigenvalue weighted by Crippen LogP contribution is 2.33. The van der Waals surface area contributed by atoms with Gasteiger partial charge < -0.3 is 9.84 Å². The van der Waals surface area contributed by atoms with Crippen molar-refractivity contribution in [1.82, 2.24) is 5.43 Å². The van der Waals surface area contributed by atoms with E-state index in [1.807, 2.05) is 0 Å². The number of phenolic OH excluding ortho intramolecular Hbond substituents is 1. The predicted molar refractivity (Wildman–Crippen MR) is 87.8 cm³/mol. The van der Waals surface area contributed by atoms with Gasteiger partial charge in [0.1, 0.15) is 0 Å². The summed E-state index contributed by atoms with van der Waals surface area (Å²) in [7, 11) is 1.27. The molecule has 0 aliphatic heterocycles. The molecule has 0 bridgehead atoms. The van der Waals surface area contributed by atoms with E-state index >= 15 is 0 Å². The molecule has 2 rings (SSSR count). The molecular formula is C15H12ClN3O5. The number of hydrogen-bond donors (Lipinski definition) is 2. The highest BCUT2D eigenvalue weighted by Gasteiger charge is 2.15. The van der Waals surface area contributed by atoms with Gasteiger partial charge in [-0.25, -0.2) is 5.43 Å². The minimum absolute atomic E-state index is 0.0254. The third-order valence-electron chi connectivity index (χ3n) is 3.00. The van der Waals surface area contributed by atoms with Crippen molar-refractivity contribution in [3.8, 4) is 11.5 Å². The first kappa shape index (κ1) is 17.2. The van der Waals surface area contributed by atoms with Gasteiger partial charge in [0.15, 0.2) is 11.5 Å². The van der Waals surface area contributed by atoms with Crippen molar-refractivity contribution in [1.29, 1.82) is 0 Å². The van der Waals surface area contributed by atoms with Gasteiger partial charge in [-0.3, -0.25) is 14.9 Å². The van der Waals surface area contributed by atoms with Gasteiger partial charge in [0.2, 0.25) is 0 Å². The summed E-state index contributed by atoms with van der Waals surface area (Å²) >= 11 is 5.73. The van der Waals surface area contributed by atoms with E-state index in [4.69, 9.17) is 16.3 Å². The molecule has 124 valence electrons. The van der Waals surface area contributed by atoms with Crippen molar-refractivity contribution in [2.24, 2.45) is 5.10 Å². The molecule has 0 aromatic heterocycles. The number of carbonyl (C=O) groups is 1. The Balaban J connectivity index is 2.19. The van der Waals surface area contributed by atoms with Gasteiger partial charge in [0, 0.05) is 22.2 Å². The summed E-state index contributed by atoms with van der Waals surface area (Å²) in [5.41, 5.74) is 2.32. The minimum atomic E-state index is -0.633. The Morgan fingerprint density at radius 1 is 1.38 bits per heavy atom. The van der Waals surface area contributed by atoms with Crippen LogP contribution < -0.4 is 10.2 Å². The molecule has 0 spiro atoms. The molecule has 0 aliphatic carbocycles. The number of nitro benzene ring substituents is 1. The summed E-state index contributed by atoms with van der Waals surface area (Å²) in [6.45, 7) is 0. The predicted octanol–water partition coefficient (Wildman–Crippen LogP) is 2.73. The molecule has 0 heterocycles. The number of rotatable bonds is 5. The summed E-state index contributed by atoms with van der Waals surface area (Å²) in [5.74, 6) is -0.901. The number of amides is 1. The van der Waals surface area contributed by atoms with Crippen molar-refractivity contribution in [3.05, 3.63) is 62.7 Å². The molecule has 0 unspecified atom stereocenters. The van der Waals surface area contributed by atoms with Crippen LogP contribution in [0.1, 0.15) is 15.9 Å². The average molecular weight is 350 g/mol. The number of ether oxygens (including phenoxy) is 1. The third kappa shape index (κ3) is 3.99. The highest BCUT2D eigenvalue weighted by atomic mass is 35.5. The highest BCUT2D eigenvalue weighted by molar-refractivity contribution is 6.30. The van der Waals surface area contributed by atoms with E-state index in [0.717, 1.165) is 18.3 Å². The molecule has 9 heteroatoms. The van der Waals surface area contributed by atoms with Crippen LogP contribution in [0.25, 0.3) is 0 Å². The van der Waals surface area contributed by atoms with Crippen LogP contribution in [0.15, 0.2) is 41.5 Å². The van der Waals surface area contributed by atoms with Gasteiger partial charge in [-0.05, 0) is 24.3 Å². The first-order valence-corrected chi connectivity index (χ1v) is 6.94. The monoisotopic (exact) mass is 349 g/mol. The van der Waals surface area contributed by atoms with E-state index in [9.17, 15) is 20.0 Å². The number of carbonyl (C=O) groups excluding carboxylic acids is 1. The fourth-order valence-corrected chi connectivity index (χ4v) is 1.93. The first-order valence-electron chi connectivity index (χ1n) is 6.56. The van der Waals surface area contributed by atoms with Gasteiger partial charge in [0.25, 0.3) is 11.6 Å². The van der Waals surface area contributed by atoms with Crippen molar-refractivity contribution in [3.63, 3.8) is 0 Å². The fraction of sp³-hybridized carbons (Fsp3) is 0.0667. The Kier molecular flexibility index (Phi) is 5.33. The zero-order valence-corrected chi connectivity index (χ0v) is 13.1. The Bertz CT molecular complexity index is 806. The SMILES string of the molecule is COc1cc([N+](=O)[O-])cc(/C=N/NC(=O)c2ccc(Cl)cc2)c1O. The number of non-ortho nitro benzene ring substituents is 1. The van der Waals surface area contributed by atoms with Crippen LogP contribution in [-0.2, 0) is 0 Å². The van der Waals surface area contributed by atoms with E-state index in [-0.39, 0.29) is 22.7 Å². The zero-order chi connectivity index (χ0) is 17.7. The number of benzene rings is 2. The maximum absolute atomic E-state index is 11.9. The molecule has 0 fully saturated rings. The van der Waals surface area contributed by atoms with Crippen molar-refractivity contribution in [2.75, 3.05) is 7.11 Å². The largest absolute Gasteiger partial charge is 0.504 e. The summed E-state index contributed by atoms with van der Waals surface area (Å²) in [5, 5.41) is 25.0. The second-order valence-corrected chi connectivity index (χ2v) is 4.99. The van der Waals surface area contributed by atoms with Gasteiger partial charge in [0.05, 0.1) is 24.3 Å². The first-order chi connectivity index (χ1) is 11.4. The van der Waals surface area contributed by atoms with Crippen molar-refractivity contribution < 1.29 is 19.6 Å². The Morgan fingerprint density at radius 3 is 2.62 bits per heavy atom. The average Bonchev–Trinajstić information content (AvgIpc) is 2.56. The molecule has 1 amide bonds. The van der Waals surface area contributed by atoms with Crippen molar-refractivity contribution in [2.45, 2.75) is 0 Å². The summed E-state index contributed by atoms with van der Waals surface area (Å²) < 4.78 is 4.87. The number of hydrogen-bond acceptors (Lipinski definition) is 6. The number of nitrogens with one attached hydrogen (secondary N) is 1. The summed E-state index contributed by atoms with van der Waals surface area (Å²) in [6.07, 6.45) is 1.08. The molecule has 0 saturated carbocycles. The molecule has 2 N–H and O–H groups in total. The van der Waals surface area contributed by atoms with Crippen LogP contribution in [0, 0.1) is 10.1 Å². The Hall–Kier alpha value is -3.13. The molecule has 2 aromatic rings. The number of nitro groups is 1. The second-order valence-electron chi connectivity index (χ2n) is 4.55. The normalized spacial score (nSPS) is 10.6. The maximum Gasteiger partial charge on any atom is 0.274 e. The van der Waals surface area contributed by atoms with E-state index in [0.29, 0.717) is 10.6 Å². The standard InChI is InChI=1S/C15H12ClN3O5/c1-24-13-7-12(19(22)23)6-10(14(13)20)8-17-18-15(21)9-2-4-11(16)5-3-9/h2-8,20H,1H3,(H,18,21)/b17-8+. The van der Waals surface area contributed by atoms with Crippen LogP contribution in [0.4, 0.5) is 5.69 Å². The molecule has 0 saturated heterocycles. The van der Waals surface area contributed by atoms with Crippen LogP contribution in [-0.4, -0.2) is 29.3 Å². The molecule has 8 nitrogen and oxygen atoms in total. The van der Waals surface area contributed by atoms with Gasteiger partial charge >= 0.3 is 0 Å². The smallest absolute Gasteiger partial charge is 0.274 e. The van der Waals surface area contributed by atoms with Crippen molar-refractivity contribution >= 4 is 29.4 Å². The van der Waals surface area contributed by atoms with Crippen LogP contribution in [0.2, 0.25) is 5.02 Å². The minimum Gasteiger partial charge on any atom is -0.504 e. The second kappa shape index (κ2) is 7.42. The fourth-order valence-electron chi connectivity index (χ4n) is 1.80. The van der Waals surface area contributed by atoms with E-state index in [2.05, 4.69) is 10.5 Å². The van der Waals surface area contributed by atoms with Crippen LogP contribution >= 0.6 is 11.6 Å².